The van der Waals surface area contributed by atoms with E-state index in [1.807, 2.05) is 43.9 Å². The summed E-state index contributed by atoms with van der Waals surface area (Å²) >= 11 is 0. The van der Waals surface area contributed by atoms with Crippen molar-refractivity contribution in [1.29, 1.82) is 0 Å². The highest BCUT2D eigenvalue weighted by Gasteiger charge is 2.13. The molecule has 0 spiro atoms. The summed E-state index contributed by atoms with van der Waals surface area (Å²) in [6.07, 6.45) is 0. The predicted molar refractivity (Wildman–Crippen MR) is 114 cm³/mol. The summed E-state index contributed by atoms with van der Waals surface area (Å²) in [4.78, 5) is 1.95. The number of benzene rings is 2. The Morgan fingerprint density at radius 3 is 1.93 bits per heavy atom. The Morgan fingerprint density at radius 1 is 0.786 bits per heavy atom. The molecule has 0 amide bonds. The zero-order chi connectivity index (χ0) is 20.7. The van der Waals surface area contributed by atoms with Crippen molar-refractivity contribution >= 4 is 22.7 Å². The molecule has 2 rings (SSSR count). The molecule has 0 bridgehead atoms. The van der Waals surface area contributed by atoms with Crippen LogP contribution in [0.25, 0.3) is 0 Å². The van der Waals surface area contributed by atoms with E-state index in [1.54, 1.807) is 6.07 Å². The largest absolute Gasteiger partial charge is 0.508 e. The number of aliphatic hydroxyl groups is 3. The number of aryl methyl sites for hydroxylation is 3. The van der Waals surface area contributed by atoms with Crippen molar-refractivity contribution in [2.24, 2.45) is 0 Å². The van der Waals surface area contributed by atoms with Crippen LogP contribution in [0.1, 0.15) is 16.7 Å². The lowest BCUT2D eigenvalue weighted by molar-refractivity contribution is 0.281. The van der Waals surface area contributed by atoms with Crippen LogP contribution in [0.3, 0.4) is 0 Å². The van der Waals surface area contributed by atoms with Crippen molar-refractivity contribution in [3.05, 3.63) is 41.0 Å². The Morgan fingerprint density at radius 2 is 1.39 bits per heavy atom. The molecule has 7 heteroatoms. The molecule has 0 saturated carbocycles. The van der Waals surface area contributed by atoms with E-state index in [1.165, 1.54) is 0 Å². The molecule has 28 heavy (non-hydrogen) atoms. The van der Waals surface area contributed by atoms with Gasteiger partial charge in [0.15, 0.2) is 0 Å². The van der Waals surface area contributed by atoms with Gasteiger partial charge < -0.3 is 36.0 Å². The van der Waals surface area contributed by atoms with Gasteiger partial charge in [0.2, 0.25) is 0 Å². The van der Waals surface area contributed by atoms with Crippen molar-refractivity contribution in [2.45, 2.75) is 20.8 Å². The lowest BCUT2D eigenvalue weighted by Crippen LogP contribution is -2.29. The van der Waals surface area contributed by atoms with Crippen LogP contribution in [0.5, 0.6) is 5.75 Å². The Bertz CT molecular complexity index is 766. The monoisotopic (exact) mass is 389 g/mol. The number of rotatable bonds is 10. The highest BCUT2D eigenvalue weighted by atomic mass is 16.3. The summed E-state index contributed by atoms with van der Waals surface area (Å²) < 4.78 is 0. The van der Waals surface area contributed by atoms with Crippen molar-refractivity contribution in [3.8, 4) is 5.75 Å². The topological polar surface area (TPSA) is 108 Å². The summed E-state index contributed by atoms with van der Waals surface area (Å²) in [5.74, 6) is 0.193. The zero-order valence-electron chi connectivity index (χ0n) is 16.8. The molecule has 0 aromatic heterocycles. The van der Waals surface area contributed by atoms with Crippen LogP contribution >= 0.6 is 0 Å². The first kappa shape index (κ1) is 21.8. The molecule has 0 aliphatic rings. The Balaban J connectivity index is 2.38. The van der Waals surface area contributed by atoms with Crippen molar-refractivity contribution in [2.75, 3.05) is 55.0 Å². The van der Waals surface area contributed by atoms with Crippen LogP contribution in [0, 0.1) is 20.8 Å². The maximum absolute atomic E-state index is 10.0. The van der Waals surface area contributed by atoms with E-state index in [9.17, 15) is 15.3 Å². The normalized spacial score (nSPS) is 10.8. The maximum atomic E-state index is 10.0. The molecule has 0 aliphatic carbocycles. The number of aromatic hydroxyl groups is 1. The molecule has 0 radical (unpaired) electrons. The Labute approximate surface area is 166 Å². The molecule has 0 heterocycles. The summed E-state index contributed by atoms with van der Waals surface area (Å²) in [7, 11) is 0. The number of hydrogen-bond donors (Lipinski definition) is 6. The van der Waals surface area contributed by atoms with E-state index in [0.717, 1.165) is 33.8 Å². The fourth-order valence-electron chi connectivity index (χ4n) is 3.20. The van der Waals surface area contributed by atoms with Gasteiger partial charge in [-0.1, -0.05) is 0 Å². The first-order valence-corrected chi connectivity index (χ1v) is 9.44. The van der Waals surface area contributed by atoms with Crippen LogP contribution in [0.15, 0.2) is 24.3 Å². The van der Waals surface area contributed by atoms with Crippen LogP contribution in [-0.2, 0) is 0 Å². The second-order valence-electron chi connectivity index (χ2n) is 6.85. The molecule has 0 atom stereocenters. The fourth-order valence-corrected chi connectivity index (χ4v) is 3.20. The van der Waals surface area contributed by atoms with E-state index in [2.05, 4.69) is 10.6 Å². The van der Waals surface area contributed by atoms with Gasteiger partial charge in [-0.15, -0.1) is 0 Å². The Hall–Kier alpha value is -2.48. The molecule has 0 fully saturated rings. The van der Waals surface area contributed by atoms with E-state index >= 15 is 0 Å². The third kappa shape index (κ3) is 5.28. The highest BCUT2D eigenvalue weighted by molar-refractivity contribution is 5.80. The van der Waals surface area contributed by atoms with Gasteiger partial charge in [-0.2, -0.15) is 0 Å². The second kappa shape index (κ2) is 10.2. The van der Waals surface area contributed by atoms with E-state index < -0.39 is 0 Å². The average molecular weight is 389 g/mol. The third-order valence-electron chi connectivity index (χ3n) is 4.65. The minimum absolute atomic E-state index is 0.00756. The standard InChI is InChI=1S/C21H31N3O4/c1-14-12-19(18(13-20(14)28)22-4-7-25)23-21-15(2)10-17(11-16(21)3)24(5-8-26)6-9-27/h10-13,22-23,25-28H,4-9H2,1-3H3. The fraction of sp³-hybridized carbons (Fsp3) is 0.429. The summed E-state index contributed by atoms with van der Waals surface area (Å²) in [5, 5.41) is 44.2. The number of nitrogens with one attached hydrogen (secondary N) is 2. The van der Waals surface area contributed by atoms with Crippen molar-refractivity contribution in [1.82, 2.24) is 0 Å². The lowest BCUT2D eigenvalue weighted by Gasteiger charge is -2.25. The first-order chi connectivity index (χ1) is 13.4. The average Bonchev–Trinajstić information content (AvgIpc) is 2.65. The van der Waals surface area contributed by atoms with Crippen LogP contribution in [0.2, 0.25) is 0 Å². The van der Waals surface area contributed by atoms with Gasteiger partial charge in [-0.05, 0) is 55.7 Å². The smallest absolute Gasteiger partial charge is 0.120 e. The van der Waals surface area contributed by atoms with E-state index in [4.69, 9.17) is 5.11 Å². The number of hydrogen-bond acceptors (Lipinski definition) is 7. The van der Waals surface area contributed by atoms with Gasteiger partial charge in [0.1, 0.15) is 5.75 Å². The van der Waals surface area contributed by atoms with Crippen LogP contribution in [-0.4, -0.2) is 59.9 Å². The molecular formula is C21H31N3O4. The predicted octanol–water partition coefficient (Wildman–Crippen LogP) is 2.26. The molecule has 2 aromatic rings. The number of anilines is 4. The maximum Gasteiger partial charge on any atom is 0.120 e. The molecule has 6 N–H and O–H groups in total. The first-order valence-electron chi connectivity index (χ1n) is 9.44. The summed E-state index contributed by atoms with van der Waals surface area (Å²) in [6.45, 7) is 7.16. The molecular weight excluding hydrogens is 358 g/mol. The van der Waals surface area contributed by atoms with Gasteiger partial charge in [0.25, 0.3) is 0 Å². The number of phenolic OH excluding ortho intramolecular Hbond substituents is 1. The number of nitrogens with zero attached hydrogens (tertiary/aromatic N) is 1. The summed E-state index contributed by atoms with van der Waals surface area (Å²) in [6, 6.07) is 7.56. The zero-order valence-corrected chi connectivity index (χ0v) is 16.8. The van der Waals surface area contributed by atoms with Crippen molar-refractivity contribution < 1.29 is 20.4 Å². The SMILES string of the molecule is Cc1cc(Nc2c(C)cc(N(CCO)CCO)cc2C)c(NCCO)cc1O. The van der Waals surface area contributed by atoms with Gasteiger partial charge in [-0.25, -0.2) is 0 Å². The van der Waals surface area contributed by atoms with Gasteiger partial charge in [-0.3, -0.25) is 0 Å². The van der Waals surface area contributed by atoms with E-state index in [0.29, 0.717) is 25.3 Å². The Kier molecular flexibility index (Phi) is 7.92. The molecule has 7 nitrogen and oxygen atoms in total. The highest BCUT2D eigenvalue weighted by Crippen LogP contribution is 2.35. The van der Waals surface area contributed by atoms with Crippen LogP contribution in [0.4, 0.5) is 22.7 Å². The van der Waals surface area contributed by atoms with Crippen molar-refractivity contribution in [3.63, 3.8) is 0 Å². The van der Waals surface area contributed by atoms with Crippen LogP contribution < -0.4 is 15.5 Å². The molecule has 2 aromatic carbocycles. The third-order valence-corrected chi connectivity index (χ3v) is 4.65. The lowest BCUT2D eigenvalue weighted by atomic mass is 10.1. The van der Waals surface area contributed by atoms with Gasteiger partial charge in [0, 0.05) is 37.1 Å². The van der Waals surface area contributed by atoms with Gasteiger partial charge >= 0.3 is 0 Å². The number of phenols is 1. The quantitative estimate of drug-likeness (QED) is 0.346. The number of aliphatic hydroxyl groups excluding tert-OH is 3. The molecule has 0 unspecified atom stereocenters. The molecule has 0 saturated heterocycles. The molecule has 154 valence electrons. The van der Waals surface area contributed by atoms with Gasteiger partial charge in [0.05, 0.1) is 31.2 Å². The minimum atomic E-state index is -0.00756. The molecule has 0 aliphatic heterocycles. The second-order valence-corrected chi connectivity index (χ2v) is 6.85. The minimum Gasteiger partial charge on any atom is -0.508 e. The summed E-state index contributed by atoms with van der Waals surface area (Å²) in [5.41, 5.74) is 6.22. The van der Waals surface area contributed by atoms with E-state index in [-0.39, 0.29) is 25.6 Å².